The van der Waals surface area contributed by atoms with Crippen LogP contribution in [-0.2, 0) is 9.53 Å². The lowest BCUT2D eigenvalue weighted by Gasteiger charge is -2.19. The van der Waals surface area contributed by atoms with Crippen LogP contribution in [0, 0.1) is 0 Å². The molecule has 1 N–H and O–H groups in total. The van der Waals surface area contributed by atoms with Gasteiger partial charge in [0.05, 0.1) is 18.4 Å². The first-order valence-corrected chi connectivity index (χ1v) is 8.17. The number of methoxy groups -OCH3 is 1. The van der Waals surface area contributed by atoms with E-state index in [2.05, 4.69) is 19.2 Å². The van der Waals surface area contributed by atoms with Gasteiger partial charge in [0.25, 0.3) is 5.91 Å². The molecule has 0 unspecified atom stereocenters. The molecule has 0 aliphatic carbocycles. The van der Waals surface area contributed by atoms with Crippen LogP contribution in [0.4, 0.5) is 5.69 Å². The summed E-state index contributed by atoms with van der Waals surface area (Å²) in [6, 6.07) is 14.3. The fraction of sp³-hybridized carbons (Fsp3) is 0.300. The van der Waals surface area contributed by atoms with Gasteiger partial charge in [0, 0.05) is 0 Å². The standard InChI is InChI=1S/C20H23NO4/c1-13(2)15-9-6-8-12-18(15)25-14(3)19(22)21-17-11-7-5-10-16(17)20(23)24-4/h5-14H,1-4H3,(H,21,22)/t14-/m0/s1. The Morgan fingerprint density at radius 1 is 0.960 bits per heavy atom. The van der Waals surface area contributed by atoms with Crippen molar-refractivity contribution in [1.29, 1.82) is 0 Å². The molecule has 5 heteroatoms. The summed E-state index contributed by atoms with van der Waals surface area (Å²) >= 11 is 0. The molecule has 2 aromatic carbocycles. The topological polar surface area (TPSA) is 64.6 Å². The predicted octanol–water partition coefficient (Wildman–Crippen LogP) is 4.00. The zero-order valence-electron chi connectivity index (χ0n) is 14.9. The van der Waals surface area contributed by atoms with Crippen LogP contribution in [0.3, 0.4) is 0 Å². The van der Waals surface area contributed by atoms with Crippen molar-refractivity contribution in [2.24, 2.45) is 0 Å². The van der Waals surface area contributed by atoms with Crippen LogP contribution in [0.5, 0.6) is 5.75 Å². The highest BCUT2D eigenvalue weighted by Gasteiger charge is 2.20. The molecule has 2 rings (SSSR count). The Kier molecular flexibility index (Phi) is 6.17. The maximum absolute atomic E-state index is 12.5. The molecular weight excluding hydrogens is 318 g/mol. The average molecular weight is 341 g/mol. The molecule has 0 spiro atoms. The molecule has 0 radical (unpaired) electrons. The van der Waals surface area contributed by atoms with Gasteiger partial charge in [-0.1, -0.05) is 44.2 Å². The number of esters is 1. The summed E-state index contributed by atoms with van der Waals surface area (Å²) in [5, 5.41) is 2.73. The van der Waals surface area contributed by atoms with E-state index in [4.69, 9.17) is 9.47 Å². The third kappa shape index (κ3) is 4.59. The van der Waals surface area contributed by atoms with Crippen LogP contribution in [0.25, 0.3) is 0 Å². The number of anilines is 1. The second kappa shape index (κ2) is 8.33. The molecule has 0 aromatic heterocycles. The third-order valence-electron chi connectivity index (χ3n) is 3.80. The average Bonchev–Trinajstić information content (AvgIpc) is 2.61. The second-order valence-corrected chi connectivity index (χ2v) is 5.98. The molecule has 25 heavy (non-hydrogen) atoms. The molecular formula is C20H23NO4. The van der Waals surface area contributed by atoms with E-state index in [1.165, 1.54) is 7.11 Å². The Hall–Kier alpha value is -2.82. The van der Waals surface area contributed by atoms with E-state index >= 15 is 0 Å². The summed E-state index contributed by atoms with van der Waals surface area (Å²) in [5.74, 6) is 0.123. The lowest BCUT2D eigenvalue weighted by molar-refractivity contribution is -0.122. The number of para-hydroxylation sites is 2. The van der Waals surface area contributed by atoms with Gasteiger partial charge in [-0.25, -0.2) is 4.79 Å². The van der Waals surface area contributed by atoms with Gasteiger partial charge in [-0.15, -0.1) is 0 Å². The Bertz CT molecular complexity index is 755. The summed E-state index contributed by atoms with van der Waals surface area (Å²) in [4.78, 5) is 24.3. The van der Waals surface area contributed by atoms with Crippen molar-refractivity contribution < 1.29 is 19.1 Å². The Morgan fingerprint density at radius 3 is 2.28 bits per heavy atom. The zero-order chi connectivity index (χ0) is 18.4. The predicted molar refractivity (Wildman–Crippen MR) is 97.0 cm³/mol. The lowest BCUT2D eigenvalue weighted by atomic mass is 10.0. The fourth-order valence-electron chi connectivity index (χ4n) is 2.42. The van der Waals surface area contributed by atoms with Gasteiger partial charge in [0.1, 0.15) is 5.75 Å². The van der Waals surface area contributed by atoms with Gasteiger partial charge in [0.2, 0.25) is 0 Å². The number of carbonyl (C=O) groups excluding carboxylic acids is 2. The van der Waals surface area contributed by atoms with E-state index in [9.17, 15) is 9.59 Å². The van der Waals surface area contributed by atoms with Crippen molar-refractivity contribution in [3.8, 4) is 5.75 Å². The maximum atomic E-state index is 12.5. The molecule has 0 heterocycles. The molecule has 1 atom stereocenters. The quantitative estimate of drug-likeness (QED) is 0.807. The Balaban J connectivity index is 2.13. The maximum Gasteiger partial charge on any atom is 0.339 e. The smallest absolute Gasteiger partial charge is 0.339 e. The largest absolute Gasteiger partial charge is 0.481 e. The number of hydrogen-bond donors (Lipinski definition) is 1. The van der Waals surface area contributed by atoms with Crippen molar-refractivity contribution in [3.05, 3.63) is 59.7 Å². The second-order valence-electron chi connectivity index (χ2n) is 5.98. The molecule has 1 amide bonds. The minimum absolute atomic E-state index is 0.284. The zero-order valence-corrected chi connectivity index (χ0v) is 14.9. The molecule has 0 aliphatic rings. The highest BCUT2D eigenvalue weighted by atomic mass is 16.5. The number of rotatable bonds is 6. The molecule has 0 saturated carbocycles. The van der Waals surface area contributed by atoms with Gasteiger partial charge in [-0.2, -0.15) is 0 Å². The summed E-state index contributed by atoms with van der Waals surface area (Å²) in [6.07, 6.45) is -0.717. The van der Waals surface area contributed by atoms with Gasteiger partial charge < -0.3 is 14.8 Å². The highest BCUT2D eigenvalue weighted by molar-refractivity contribution is 6.02. The van der Waals surface area contributed by atoms with Crippen LogP contribution in [-0.4, -0.2) is 25.1 Å². The molecule has 0 aliphatic heterocycles. The summed E-state index contributed by atoms with van der Waals surface area (Å²) in [6.45, 7) is 5.81. The van der Waals surface area contributed by atoms with Gasteiger partial charge >= 0.3 is 5.97 Å². The number of carbonyl (C=O) groups is 2. The van der Waals surface area contributed by atoms with E-state index in [0.717, 1.165) is 5.56 Å². The number of amides is 1. The van der Waals surface area contributed by atoms with Crippen molar-refractivity contribution in [3.63, 3.8) is 0 Å². The normalized spacial score (nSPS) is 11.7. The van der Waals surface area contributed by atoms with Crippen LogP contribution in [0.15, 0.2) is 48.5 Å². The van der Waals surface area contributed by atoms with E-state index in [1.807, 2.05) is 24.3 Å². The van der Waals surface area contributed by atoms with Crippen LogP contribution in [0.2, 0.25) is 0 Å². The molecule has 2 aromatic rings. The van der Waals surface area contributed by atoms with E-state index in [0.29, 0.717) is 17.0 Å². The van der Waals surface area contributed by atoms with Crippen LogP contribution in [0.1, 0.15) is 42.6 Å². The molecule has 132 valence electrons. The molecule has 0 fully saturated rings. The van der Waals surface area contributed by atoms with E-state index in [-0.39, 0.29) is 11.8 Å². The highest BCUT2D eigenvalue weighted by Crippen LogP contribution is 2.27. The summed E-state index contributed by atoms with van der Waals surface area (Å²) < 4.78 is 10.6. The molecule has 5 nitrogen and oxygen atoms in total. The molecule has 0 bridgehead atoms. The van der Waals surface area contributed by atoms with Crippen molar-refractivity contribution >= 4 is 17.6 Å². The monoisotopic (exact) mass is 341 g/mol. The fourth-order valence-corrected chi connectivity index (χ4v) is 2.42. The minimum Gasteiger partial charge on any atom is -0.481 e. The first kappa shape index (κ1) is 18.5. The number of hydrogen-bond acceptors (Lipinski definition) is 4. The first-order valence-electron chi connectivity index (χ1n) is 8.17. The lowest BCUT2D eigenvalue weighted by Crippen LogP contribution is -2.31. The van der Waals surface area contributed by atoms with E-state index in [1.54, 1.807) is 31.2 Å². The van der Waals surface area contributed by atoms with Gasteiger partial charge in [-0.3, -0.25) is 4.79 Å². The van der Waals surface area contributed by atoms with Crippen molar-refractivity contribution in [2.75, 3.05) is 12.4 Å². The van der Waals surface area contributed by atoms with Crippen LogP contribution >= 0.6 is 0 Å². The summed E-state index contributed by atoms with van der Waals surface area (Å²) in [7, 11) is 1.30. The first-order chi connectivity index (χ1) is 11.9. The number of benzene rings is 2. The SMILES string of the molecule is COC(=O)c1ccccc1NC(=O)[C@H](C)Oc1ccccc1C(C)C. The Labute approximate surface area is 148 Å². The Morgan fingerprint density at radius 2 is 1.60 bits per heavy atom. The minimum atomic E-state index is -0.717. The van der Waals surface area contributed by atoms with Crippen LogP contribution < -0.4 is 10.1 Å². The van der Waals surface area contributed by atoms with Gasteiger partial charge in [-0.05, 0) is 36.6 Å². The van der Waals surface area contributed by atoms with Crippen molar-refractivity contribution in [2.45, 2.75) is 32.8 Å². The van der Waals surface area contributed by atoms with Crippen molar-refractivity contribution in [1.82, 2.24) is 0 Å². The summed E-state index contributed by atoms with van der Waals surface area (Å²) in [5.41, 5.74) is 1.73. The number of ether oxygens (including phenoxy) is 2. The van der Waals surface area contributed by atoms with E-state index < -0.39 is 12.1 Å². The van der Waals surface area contributed by atoms with Gasteiger partial charge in [0.15, 0.2) is 6.10 Å². The third-order valence-corrected chi connectivity index (χ3v) is 3.80. The molecule has 0 saturated heterocycles. The number of nitrogens with one attached hydrogen (secondary N) is 1.